The lowest BCUT2D eigenvalue weighted by atomic mass is 9.97. The lowest BCUT2D eigenvalue weighted by Crippen LogP contribution is -2.46. The second-order valence-corrected chi connectivity index (χ2v) is 10.3. The van der Waals surface area contributed by atoms with Crippen LogP contribution in [0, 0.1) is 0 Å². The number of rotatable bonds is 8. The Hall–Kier alpha value is -3.45. The van der Waals surface area contributed by atoms with E-state index < -0.39 is 6.10 Å². The van der Waals surface area contributed by atoms with E-state index in [1.807, 2.05) is 35.2 Å². The summed E-state index contributed by atoms with van der Waals surface area (Å²) in [5.41, 5.74) is 3.48. The van der Waals surface area contributed by atoms with Gasteiger partial charge < -0.3 is 19.6 Å². The Bertz CT molecular complexity index is 1310. The van der Waals surface area contributed by atoms with Crippen LogP contribution in [0.4, 0.5) is 0 Å². The lowest BCUT2D eigenvalue weighted by molar-refractivity contribution is -0.127. The van der Waals surface area contributed by atoms with Crippen LogP contribution >= 0.6 is 0 Å². The number of ether oxygens (including phenoxy) is 1. The van der Waals surface area contributed by atoms with Gasteiger partial charge in [0.25, 0.3) is 0 Å². The minimum absolute atomic E-state index is 0.0224. The monoisotopic (exact) mass is 511 g/mol. The molecule has 1 saturated heterocycles. The molecule has 0 saturated carbocycles. The van der Waals surface area contributed by atoms with Crippen LogP contribution in [0.1, 0.15) is 17.5 Å². The van der Waals surface area contributed by atoms with Crippen molar-refractivity contribution in [3.8, 4) is 5.75 Å². The van der Waals surface area contributed by atoms with Crippen LogP contribution in [0.2, 0.25) is 0 Å². The molecule has 6 heteroatoms. The molecule has 3 aromatic rings. The predicted octanol–water partition coefficient (Wildman–Crippen LogP) is 4.16. The maximum absolute atomic E-state index is 12.6. The summed E-state index contributed by atoms with van der Waals surface area (Å²) < 4.78 is 5.99. The Morgan fingerprint density at radius 1 is 0.974 bits per heavy atom. The van der Waals surface area contributed by atoms with Gasteiger partial charge in [-0.05, 0) is 53.6 Å². The number of benzene rings is 3. The van der Waals surface area contributed by atoms with E-state index in [9.17, 15) is 9.90 Å². The molecule has 1 fully saturated rings. The molecule has 1 atom stereocenters. The highest BCUT2D eigenvalue weighted by molar-refractivity contribution is 5.92. The van der Waals surface area contributed by atoms with Crippen molar-refractivity contribution in [2.75, 3.05) is 59.5 Å². The fourth-order valence-corrected chi connectivity index (χ4v) is 5.11. The number of carbonyl (C=O) groups excluding carboxylic acids is 1. The van der Waals surface area contributed by atoms with Gasteiger partial charge in [0.2, 0.25) is 5.91 Å². The standard InChI is InChI=1S/C32H37N3O3/c1-33-18-20-35(21-19-33)32(37)13-12-27-7-4-5-9-31(27)38-24-30(36)23-34-16-14-26(15-17-34)29-11-10-25-6-2-3-8-28(25)22-29/h2-14,22,30,36H,15-21,23-24H2,1H3. The van der Waals surface area contributed by atoms with Gasteiger partial charge in [0.05, 0.1) is 0 Å². The van der Waals surface area contributed by atoms with Crippen molar-refractivity contribution < 1.29 is 14.6 Å². The van der Waals surface area contributed by atoms with E-state index in [2.05, 4.69) is 65.4 Å². The van der Waals surface area contributed by atoms with E-state index in [1.165, 1.54) is 21.9 Å². The third-order valence-corrected chi connectivity index (χ3v) is 7.45. The summed E-state index contributed by atoms with van der Waals surface area (Å²) in [6.45, 7) is 5.77. The SMILES string of the molecule is CN1CCN(C(=O)C=Cc2ccccc2OCC(O)CN2CC=C(c3ccc4ccccc4c3)CC2)CC1. The van der Waals surface area contributed by atoms with E-state index >= 15 is 0 Å². The summed E-state index contributed by atoms with van der Waals surface area (Å²) in [6, 6.07) is 22.8. The molecule has 0 aromatic heterocycles. The van der Waals surface area contributed by atoms with Gasteiger partial charge in [-0.15, -0.1) is 0 Å². The summed E-state index contributed by atoms with van der Waals surface area (Å²) in [6.07, 6.45) is 6.07. The maximum atomic E-state index is 12.6. The number of amides is 1. The molecule has 0 bridgehead atoms. The molecule has 2 heterocycles. The van der Waals surface area contributed by atoms with Crippen molar-refractivity contribution in [2.45, 2.75) is 12.5 Å². The molecule has 5 rings (SSSR count). The molecule has 0 aliphatic carbocycles. The van der Waals surface area contributed by atoms with Crippen LogP contribution in [-0.4, -0.2) is 91.3 Å². The number of fused-ring (bicyclic) bond motifs is 1. The zero-order valence-electron chi connectivity index (χ0n) is 22.1. The quantitative estimate of drug-likeness (QED) is 0.461. The number of aliphatic hydroxyl groups is 1. The molecule has 1 amide bonds. The third-order valence-electron chi connectivity index (χ3n) is 7.45. The van der Waals surface area contributed by atoms with Gasteiger partial charge in [-0.3, -0.25) is 9.69 Å². The van der Waals surface area contributed by atoms with Crippen LogP contribution in [0.5, 0.6) is 5.75 Å². The van der Waals surface area contributed by atoms with Crippen LogP contribution < -0.4 is 4.74 Å². The molecule has 198 valence electrons. The Labute approximate surface area is 225 Å². The second kappa shape index (κ2) is 12.4. The first-order chi connectivity index (χ1) is 18.5. The van der Waals surface area contributed by atoms with Crippen molar-refractivity contribution in [1.29, 1.82) is 0 Å². The average Bonchev–Trinajstić information content (AvgIpc) is 2.96. The number of hydrogen-bond acceptors (Lipinski definition) is 5. The van der Waals surface area contributed by atoms with Crippen molar-refractivity contribution in [3.05, 3.63) is 90.0 Å². The summed E-state index contributed by atoms with van der Waals surface area (Å²) in [7, 11) is 2.07. The molecule has 2 aliphatic rings. The average molecular weight is 512 g/mol. The Morgan fingerprint density at radius 3 is 2.53 bits per heavy atom. The van der Waals surface area contributed by atoms with Gasteiger partial charge in [0.1, 0.15) is 18.5 Å². The third kappa shape index (κ3) is 6.70. The molecule has 38 heavy (non-hydrogen) atoms. The van der Waals surface area contributed by atoms with Gasteiger partial charge in [-0.1, -0.05) is 60.7 Å². The first-order valence-electron chi connectivity index (χ1n) is 13.5. The first kappa shape index (κ1) is 26.2. The number of para-hydroxylation sites is 1. The summed E-state index contributed by atoms with van der Waals surface area (Å²) >= 11 is 0. The highest BCUT2D eigenvalue weighted by Crippen LogP contribution is 2.26. The lowest BCUT2D eigenvalue weighted by Gasteiger charge is -2.31. The zero-order valence-corrected chi connectivity index (χ0v) is 22.1. The number of likely N-dealkylation sites (N-methyl/N-ethyl adjacent to an activating group) is 1. The molecule has 6 nitrogen and oxygen atoms in total. The highest BCUT2D eigenvalue weighted by atomic mass is 16.5. The molecule has 2 aliphatic heterocycles. The van der Waals surface area contributed by atoms with Crippen LogP contribution in [0.3, 0.4) is 0 Å². The smallest absolute Gasteiger partial charge is 0.246 e. The van der Waals surface area contributed by atoms with E-state index in [1.54, 1.807) is 6.08 Å². The Morgan fingerprint density at radius 2 is 1.74 bits per heavy atom. The number of carbonyl (C=O) groups is 1. The number of nitrogens with zero attached hydrogens (tertiary/aromatic N) is 3. The minimum Gasteiger partial charge on any atom is -0.490 e. The number of aliphatic hydroxyl groups excluding tert-OH is 1. The van der Waals surface area contributed by atoms with Gasteiger partial charge in [-0.2, -0.15) is 0 Å². The van der Waals surface area contributed by atoms with E-state index in [0.717, 1.165) is 51.3 Å². The summed E-state index contributed by atoms with van der Waals surface area (Å²) in [4.78, 5) is 18.9. The van der Waals surface area contributed by atoms with E-state index in [0.29, 0.717) is 12.3 Å². The molecule has 0 spiro atoms. The van der Waals surface area contributed by atoms with Crippen LogP contribution in [0.15, 0.2) is 78.9 Å². The maximum Gasteiger partial charge on any atom is 0.246 e. The first-order valence-corrected chi connectivity index (χ1v) is 13.5. The van der Waals surface area contributed by atoms with Crippen LogP contribution in [-0.2, 0) is 4.79 Å². The highest BCUT2D eigenvalue weighted by Gasteiger charge is 2.18. The van der Waals surface area contributed by atoms with Gasteiger partial charge in [0.15, 0.2) is 0 Å². The molecule has 1 unspecified atom stereocenters. The number of hydrogen-bond donors (Lipinski definition) is 1. The molecule has 0 radical (unpaired) electrons. The summed E-state index contributed by atoms with van der Waals surface area (Å²) in [5, 5.41) is 13.2. The molecular weight excluding hydrogens is 474 g/mol. The molecular formula is C32H37N3O3. The van der Waals surface area contributed by atoms with Crippen molar-refractivity contribution in [3.63, 3.8) is 0 Å². The molecule has 3 aromatic carbocycles. The largest absolute Gasteiger partial charge is 0.490 e. The number of piperazine rings is 1. The predicted molar refractivity (Wildman–Crippen MR) is 154 cm³/mol. The van der Waals surface area contributed by atoms with Gasteiger partial charge in [-0.25, -0.2) is 0 Å². The van der Waals surface area contributed by atoms with Crippen molar-refractivity contribution >= 4 is 28.3 Å². The Kier molecular flexibility index (Phi) is 8.54. The van der Waals surface area contributed by atoms with Crippen molar-refractivity contribution in [1.82, 2.24) is 14.7 Å². The minimum atomic E-state index is -0.602. The topological polar surface area (TPSA) is 56.3 Å². The number of β-amino-alcohol motifs (C(OH)–C–C–N with tert-alkyl or cyclic N) is 1. The Balaban J connectivity index is 1.12. The van der Waals surface area contributed by atoms with Crippen molar-refractivity contribution in [2.24, 2.45) is 0 Å². The fourth-order valence-electron chi connectivity index (χ4n) is 5.11. The normalized spacial score (nSPS) is 18.1. The van der Waals surface area contributed by atoms with Gasteiger partial charge in [0, 0.05) is 57.5 Å². The van der Waals surface area contributed by atoms with E-state index in [-0.39, 0.29) is 12.5 Å². The van der Waals surface area contributed by atoms with E-state index in [4.69, 9.17) is 4.74 Å². The second-order valence-electron chi connectivity index (χ2n) is 10.3. The van der Waals surface area contributed by atoms with Gasteiger partial charge >= 0.3 is 0 Å². The van der Waals surface area contributed by atoms with Crippen LogP contribution in [0.25, 0.3) is 22.4 Å². The fraction of sp³-hybridized carbons (Fsp3) is 0.344. The summed E-state index contributed by atoms with van der Waals surface area (Å²) in [5.74, 6) is 0.695. The molecule has 1 N–H and O–H groups in total. The zero-order chi connectivity index (χ0) is 26.3.